The van der Waals surface area contributed by atoms with Crippen LogP contribution < -0.4 is 15.4 Å². The maximum Gasteiger partial charge on any atom is 0.220 e. The van der Waals surface area contributed by atoms with E-state index in [2.05, 4.69) is 24.5 Å². The van der Waals surface area contributed by atoms with Crippen molar-refractivity contribution in [2.45, 2.75) is 33.2 Å². The van der Waals surface area contributed by atoms with Crippen molar-refractivity contribution in [1.82, 2.24) is 10.6 Å². The van der Waals surface area contributed by atoms with Crippen LogP contribution >= 0.6 is 0 Å². The number of benzene rings is 1. The van der Waals surface area contributed by atoms with Crippen molar-refractivity contribution in [2.24, 2.45) is 5.92 Å². The van der Waals surface area contributed by atoms with Crippen LogP contribution in [-0.2, 0) is 11.3 Å². The molecule has 0 radical (unpaired) electrons. The third-order valence-electron chi connectivity index (χ3n) is 2.85. The molecule has 0 unspecified atom stereocenters. The van der Waals surface area contributed by atoms with E-state index in [0.717, 1.165) is 24.3 Å². The molecule has 1 aromatic rings. The molecular weight excluding hydrogens is 252 g/mol. The average molecular weight is 278 g/mol. The zero-order chi connectivity index (χ0) is 14.8. The summed E-state index contributed by atoms with van der Waals surface area (Å²) >= 11 is 0. The minimum Gasteiger partial charge on any atom is -0.493 e. The zero-order valence-corrected chi connectivity index (χ0v) is 12.7. The second kappa shape index (κ2) is 9.37. The van der Waals surface area contributed by atoms with Crippen LogP contribution in [0.5, 0.6) is 5.75 Å². The van der Waals surface area contributed by atoms with Crippen molar-refractivity contribution < 1.29 is 9.53 Å². The lowest BCUT2D eigenvalue weighted by Crippen LogP contribution is -2.24. The summed E-state index contributed by atoms with van der Waals surface area (Å²) in [6.45, 7) is 6.31. The van der Waals surface area contributed by atoms with E-state index in [-0.39, 0.29) is 5.91 Å². The molecule has 0 bridgehead atoms. The number of amides is 1. The van der Waals surface area contributed by atoms with E-state index in [1.54, 1.807) is 0 Å². The van der Waals surface area contributed by atoms with Crippen molar-refractivity contribution in [3.63, 3.8) is 0 Å². The van der Waals surface area contributed by atoms with E-state index in [1.165, 1.54) is 0 Å². The molecule has 0 atom stereocenters. The molecule has 1 amide bonds. The quantitative estimate of drug-likeness (QED) is 0.682. The number of carbonyl (C=O) groups excluding carboxylic acids is 1. The van der Waals surface area contributed by atoms with Crippen LogP contribution in [0.15, 0.2) is 24.3 Å². The highest BCUT2D eigenvalue weighted by Crippen LogP contribution is 2.18. The Labute approximate surface area is 121 Å². The van der Waals surface area contributed by atoms with Crippen molar-refractivity contribution in [3.8, 4) is 5.75 Å². The van der Waals surface area contributed by atoms with E-state index >= 15 is 0 Å². The number of rotatable bonds is 9. The summed E-state index contributed by atoms with van der Waals surface area (Å²) in [5.74, 6) is 1.43. The normalized spacial score (nSPS) is 10.6. The van der Waals surface area contributed by atoms with Crippen molar-refractivity contribution in [2.75, 3.05) is 20.2 Å². The van der Waals surface area contributed by atoms with Crippen molar-refractivity contribution in [1.29, 1.82) is 0 Å². The summed E-state index contributed by atoms with van der Waals surface area (Å²) in [7, 11) is 1.89. The average Bonchev–Trinajstić information content (AvgIpc) is 2.44. The summed E-state index contributed by atoms with van der Waals surface area (Å²) in [4.78, 5) is 11.7. The Morgan fingerprint density at radius 3 is 2.75 bits per heavy atom. The molecule has 0 fully saturated rings. The number of hydrogen-bond acceptors (Lipinski definition) is 3. The van der Waals surface area contributed by atoms with Crippen molar-refractivity contribution >= 4 is 5.91 Å². The molecule has 20 heavy (non-hydrogen) atoms. The summed E-state index contributed by atoms with van der Waals surface area (Å²) in [5.41, 5.74) is 1.02. The fraction of sp³-hybridized carbons (Fsp3) is 0.562. The molecule has 1 rings (SSSR count). The second-order valence-corrected chi connectivity index (χ2v) is 5.30. The van der Waals surface area contributed by atoms with Gasteiger partial charge in [0, 0.05) is 18.5 Å². The Morgan fingerprint density at radius 2 is 2.05 bits per heavy atom. The lowest BCUT2D eigenvalue weighted by molar-refractivity contribution is -0.121. The molecule has 2 N–H and O–H groups in total. The summed E-state index contributed by atoms with van der Waals surface area (Å²) < 4.78 is 5.77. The number of carbonyl (C=O) groups is 1. The van der Waals surface area contributed by atoms with Crippen LogP contribution in [0.1, 0.15) is 32.3 Å². The highest BCUT2D eigenvalue weighted by Gasteiger charge is 2.06. The molecule has 4 nitrogen and oxygen atoms in total. The third-order valence-corrected chi connectivity index (χ3v) is 2.85. The van der Waals surface area contributed by atoms with Crippen LogP contribution in [0.3, 0.4) is 0 Å². The van der Waals surface area contributed by atoms with Gasteiger partial charge in [-0.15, -0.1) is 0 Å². The summed E-state index contributed by atoms with van der Waals surface area (Å²) in [6, 6.07) is 7.85. The van der Waals surface area contributed by atoms with Crippen molar-refractivity contribution in [3.05, 3.63) is 29.8 Å². The van der Waals surface area contributed by atoms with Gasteiger partial charge in [-0.2, -0.15) is 0 Å². The van der Waals surface area contributed by atoms with Gasteiger partial charge in [0.1, 0.15) is 5.75 Å². The molecule has 0 aliphatic carbocycles. The molecule has 0 heterocycles. The largest absolute Gasteiger partial charge is 0.493 e. The van der Waals surface area contributed by atoms with Crippen LogP contribution in [0.2, 0.25) is 0 Å². The molecule has 4 heteroatoms. The van der Waals surface area contributed by atoms with Crippen LogP contribution in [0.4, 0.5) is 0 Å². The highest BCUT2D eigenvalue weighted by molar-refractivity contribution is 5.75. The maximum absolute atomic E-state index is 11.7. The number of nitrogens with one attached hydrogen (secondary N) is 2. The Hall–Kier alpha value is -1.55. The standard InChI is InChI=1S/C16H26N2O2/c1-13(2)12-20-15-8-5-4-7-14(15)11-18-16(19)9-6-10-17-3/h4-5,7-8,13,17H,6,9-12H2,1-3H3,(H,18,19). The van der Waals surface area contributed by atoms with E-state index in [4.69, 9.17) is 4.74 Å². The van der Waals surface area contributed by atoms with Gasteiger partial charge in [-0.05, 0) is 32.0 Å². The van der Waals surface area contributed by atoms with Crippen LogP contribution in [0.25, 0.3) is 0 Å². The molecule has 1 aromatic carbocycles. The van der Waals surface area contributed by atoms with Gasteiger partial charge in [0.15, 0.2) is 0 Å². The van der Waals surface area contributed by atoms with E-state index in [0.29, 0.717) is 25.5 Å². The maximum atomic E-state index is 11.7. The van der Waals surface area contributed by atoms with E-state index in [1.807, 2.05) is 31.3 Å². The molecule has 112 valence electrons. The smallest absolute Gasteiger partial charge is 0.220 e. The van der Waals surface area contributed by atoms with Crippen LogP contribution in [0, 0.1) is 5.92 Å². The molecule has 0 saturated heterocycles. The molecule has 0 spiro atoms. The Kier molecular flexibility index (Phi) is 7.73. The van der Waals surface area contributed by atoms with Gasteiger partial charge in [0.25, 0.3) is 0 Å². The number of hydrogen-bond donors (Lipinski definition) is 2. The number of para-hydroxylation sites is 1. The molecule has 0 aromatic heterocycles. The van der Waals surface area contributed by atoms with Gasteiger partial charge in [-0.1, -0.05) is 32.0 Å². The van der Waals surface area contributed by atoms with Crippen LogP contribution in [-0.4, -0.2) is 26.1 Å². The Balaban J connectivity index is 2.44. The third kappa shape index (κ3) is 6.57. The second-order valence-electron chi connectivity index (χ2n) is 5.30. The molecular formula is C16H26N2O2. The first-order valence-corrected chi connectivity index (χ1v) is 7.25. The first kappa shape index (κ1) is 16.5. The summed E-state index contributed by atoms with van der Waals surface area (Å²) in [5, 5.41) is 5.97. The highest BCUT2D eigenvalue weighted by atomic mass is 16.5. The topological polar surface area (TPSA) is 50.4 Å². The summed E-state index contributed by atoms with van der Waals surface area (Å²) in [6.07, 6.45) is 1.41. The van der Waals surface area contributed by atoms with Gasteiger partial charge in [-0.3, -0.25) is 4.79 Å². The monoisotopic (exact) mass is 278 g/mol. The van der Waals surface area contributed by atoms with Gasteiger partial charge in [-0.25, -0.2) is 0 Å². The van der Waals surface area contributed by atoms with Gasteiger partial charge in [0.05, 0.1) is 6.61 Å². The van der Waals surface area contributed by atoms with Gasteiger partial charge < -0.3 is 15.4 Å². The fourth-order valence-electron chi connectivity index (χ4n) is 1.76. The van der Waals surface area contributed by atoms with Gasteiger partial charge in [0.2, 0.25) is 5.91 Å². The predicted octanol–water partition coefficient (Wildman–Crippen LogP) is 2.34. The molecule has 0 aliphatic rings. The predicted molar refractivity (Wildman–Crippen MR) is 81.8 cm³/mol. The lowest BCUT2D eigenvalue weighted by atomic mass is 10.2. The Bertz CT molecular complexity index is 405. The SMILES string of the molecule is CNCCCC(=O)NCc1ccccc1OCC(C)C. The zero-order valence-electron chi connectivity index (χ0n) is 12.7. The minimum atomic E-state index is 0.0823. The first-order chi connectivity index (χ1) is 9.63. The van der Waals surface area contributed by atoms with E-state index < -0.39 is 0 Å². The lowest BCUT2D eigenvalue weighted by Gasteiger charge is -2.13. The molecule has 0 saturated carbocycles. The van der Waals surface area contributed by atoms with Gasteiger partial charge >= 0.3 is 0 Å². The number of ether oxygens (including phenoxy) is 1. The Morgan fingerprint density at radius 1 is 1.30 bits per heavy atom. The fourth-order valence-corrected chi connectivity index (χ4v) is 1.76. The van der Waals surface area contributed by atoms with E-state index in [9.17, 15) is 4.79 Å². The first-order valence-electron chi connectivity index (χ1n) is 7.25. The minimum absolute atomic E-state index is 0.0823. The molecule has 0 aliphatic heterocycles.